The van der Waals surface area contributed by atoms with E-state index >= 15 is 0 Å². The molecule has 0 aliphatic carbocycles. The molecule has 0 aliphatic rings. The van der Waals surface area contributed by atoms with Crippen LogP contribution in [0.4, 0.5) is 18.9 Å². The zero-order valence-corrected chi connectivity index (χ0v) is 26.1. The molecular formula is C30H32Cl2F3N3O4S. The fraction of sp³-hybridized carbons (Fsp3) is 0.333. The lowest BCUT2D eigenvalue weighted by atomic mass is 10.1. The molecule has 0 unspecified atom stereocenters. The van der Waals surface area contributed by atoms with Crippen molar-refractivity contribution in [3.63, 3.8) is 0 Å². The average Bonchev–Trinajstić information content (AvgIpc) is 2.95. The van der Waals surface area contributed by atoms with Gasteiger partial charge in [0.05, 0.1) is 16.1 Å². The van der Waals surface area contributed by atoms with Gasteiger partial charge in [0.15, 0.2) is 0 Å². The van der Waals surface area contributed by atoms with E-state index in [9.17, 15) is 31.2 Å². The van der Waals surface area contributed by atoms with Gasteiger partial charge in [-0.25, -0.2) is 8.42 Å². The zero-order valence-electron chi connectivity index (χ0n) is 23.8. The van der Waals surface area contributed by atoms with Crippen molar-refractivity contribution in [2.45, 2.75) is 57.3 Å². The number of amides is 2. The molecule has 0 heterocycles. The molecule has 0 bridgehead atoms. The van der Waals surface area contributed by atoms with E-state index in [4.69, 9.17) is 23.2 Å². The van der Waals surface area contributed by atoms with Gasteiger partial charge in [0.25, 0.3) is 10.0 Å². The molecule has 0 aromatic heterocycles. The highest BCUT2D eigenvalue weighted by Crippen LogP contribution is 2.34. The van der Waals surface area contributed by atoms with Crippen LogP contribution in [0.1, 0.15) is 43.4 Å². The van der Waals surface area contributed by atoms with Crippen molar-refractivity contribution in [1.29, 1.82) is 0 Å². The maximum atomic E-state index is 14.1. The van der Waals surface area contributed by atoms with Crippen molar-refractivity contribution in [1.82, 2.24) is 10.2 Å². The van der Waals surface area contributed by atoms with Crippen LogP contribution in [0.25, 0.3) is 0 Å². The summed E-state index contributed by atoms with van der Waals surface area (Å²) in [6, 6.07) is 13.1. The van der Waals surface area contributed by atoms with Gasteiger partial charge >= 0.3 is 6.18 Å². The summed E-state index contributed by atoms with van der Waals surface area (Å²) in [6.45, 7) is 4.46. The molecule has 3 rings (SSSR count). The van der Waals surface area contributed by atoms with Gasteiger partial charge < -0.3 is 10.2 Å². The summed E-state index contributed by atoms with van der Waals surface area (Å²) in [5.41, 5.74) is -0.380. The van der Waals surface area contributed by atoms with Crippen molar-refractivity contribution in [2.75, 3.05) is 17.4 Å². The predicted molar refractivity (Wildman–Crippen MR) is 162 cm³/mol. The Kier molecular flexibility index (Phi) is 11.5. The van der Waals surface area contributed by atoms with Gasteiger partial charge in [0.2, 0.25) is 11.8 Å². The summed E-state index contributed by atoms with van der Waals surface area (Å²) in [5, 5.41) is 3.19. The molecule has 0 spiro atoms. The quantitative estimate of drug-likeness (QED) is 0.231. The molecule has 0 saturated carbocycles. The number of alkyl halides is 3. The van der Waals surface area contributed by atoms with Crippen molar-refractivity contribution < 1.29 is 31.2 Å². The molecule has 0 fully saturated rings. The lowest BCUT2D eigenvalue weighted by molar-refractivity contribution is -0.140. The Morgan fingerprint density at radius 2 is 1.56 bits per heavy atom. The van der Waals surface area contributed by atoms with Gasteiger partial charge in [-0.05, 0) is 62.2 Å². The van der Waals surface area contributed by atoms with Gasteiger partial charge in [0.1, 0.15) is 12.6 Å². The highest BCUT2D eigenvalue weighted by atomic mass is 35.5. The minimum absolute atomic E-state index is 0.150. The number of carbonyl (C=O) groups is 2. The van der Waals surface area contributed by atoms with Gasteiger partial charge in [0, 0.05) is 28.7 Å². The van der Waals surface area contributed by atoms with Crippen molar-refractivity contribution >= 4 is 50.7 Å². The monoisotopic (exact) mass is 657 g/mol. The van der Waals surface area contributed by atoms with Crippen LogP contribution in [-0.2, 0) is 32.3 Å². The Bertz CT molecular complexity index is 1530. The normalized spacial score (nSPS) is 12.5. The smallest absolute Gasteiger partial charge is 0.354 e. The van der Waals surface area contributed by atoms with E-state index in [-0.39, 0.29) is 33.6 Å². The number of halogens is 5. The summed E-state index contributed by atoms with van der Waals surface area (Å²) < 4.78 is 69.3. The second kappa shape index (κ2) is 14.5. The van der Waals surface area contributed by atoms with Crippen LogP contribution in [0.5, 0.6) is 0 Å². The molecule has 0 radical (unpaired) electrons. The SMILES string of the molecule is CCCNC(=O)[C@@H](CC)N(Cc1c(Cl)cccc1Cl)C(=O)CN(c1cccc(C(F)(F)F)c1)S(=O)(=O)c1ccc(C)cc1. The van der Waals surface area contributed by atoms with Gasteiger partial charge in [-0.2, -0.15) is 13.2 Å². The first-order valence-electron chi connectivity index (χ1n) is 13.5. The third-order valence-electron chi connectivity index (χ3n) is 6.67. The molecule has 13 heteroatoms. The minimum atomic E-state index is -4.77. The van der Waals surface area contributed by atoms with Gasteiger partial charge in [-0.3, -0.25) is 13.9 Å². The number of nitrogens with zero attached hydrogens (tertiary/aromatic N) is 2. The number of sulfonamides is 1. The molecule has 43 heavy (non-hydrogen) atoms. The standard InChI is InChI=1S/C30H32Cl2F3N3O4S/c1-4-16-36-29(40)27(5-2)37(18-24-25(31)10-7-11-26(24)32)28(39)19-38(22-9-6-8-21(17-22)30(33,34)35)43(41,42)23-14-12-20(3)13-15-23/h6-15,17,27H,4-5,16,18-19H2,1-3H3,(H,36,40)/t27-/m1/s1. The topological polar surface area (TPSA) is 86.8 Å². The number of hydrogen-bond acceptors (Lipinski definition) is 4. The van der Waals surface area contributed by atoms with Crippen LogP contribution in [0.3, 0.4) is 0 Å². The summed E-state index contributed by atoms with van der Waals surface area (Å²) in [4.78, 5) is 28.2. The summed E-state index contributed by atoms with van der Waals surface area (Å²) in [7, 11) is -4.55. The first kappa shape index (κ1) is 34.2. The number of rotatable bonds is 12. The number of carbonyl (C=O) groups excluding carboxylic acids is 2. The lowest BCUT2D eigenvalue weighted by Gasteiger charge is -2.33. The molecule has 0 aliphatic heterocycles. The number of aryl methyl sites for hydroxylation is 1. The van der Waals surface area contributed by atoms with E-state index in [1.165, 1.54) is 30.3 Å². The fourth-order valence-corrected chi connectivity index (χ4v) is 6.27. The number of hydrogen-bond donors (Lipinski definition) is 1. The van der Waals surface area contributed by atoms with Crippen LogP contribution < -0.4 is 9.62 Å². The predicted octanol–water partition coefficient (Wildman–Crippen LogP) is 6.85. The maximum Gasteiger partial charge on any atom is 0.416 e. The zero-order chi connectivity index (χ0) is 31.9. The second-order valence-electron chi connectivity index (χ2n) is 9.81. The summed E-state index contributed by atoms with van der Waals surface area (Å²) in [6.07, 6.45) is -3.99. The molecule has 1 atom stereocenters. The third kappa shape index (κ3) is 8.43. The Balaban J connectivity index is 2.15. The van der Waals surface area contributed by atoms with Gasteiger partial charge in [-0.1, -0.05) is 66.9 Å². The minimum Gasteiger partial charge on any atom is -0.354 e. The van der Waals surface area contributed by atoms with Gasteiger partial charge in [-0.15, -0.1) is 0 Å². The molecule has 0 saturated heterocycles. The number of anilines is 1. The Labute approximate surface area is 259 Å². The second-order valence-corrected chi connectivity index (χ2v) is 12.5. The van der Waals surface area contributed by atoms with Crippen LogP contribution >= 0.6 is 23.2 Å². The Morgan fingerprint density at radius 3 is 2.12 bits per heavy atom. The highest BCUT2D eigenvalue weighted by Gasteiger charge is 2.36. The van der Waals surface area contributed by atoms with E-state index in [0.717, 1.165) is 22.6 Å². The molecular weight excluding hydrogens is 626 g/mol. The Morgan fingerprint density at radius 1 is 0.953 bits per heavy atom. The molecule has 2 amide bonds. The Hall–Kier alpha value is -3.28. The van der Waals surface area contributed by atoms with E-state index in [1.807, 2.05) is 6.92 Å². The molecule has 1 N–H and O–H groups in total. The molecule has 232 valence electrons. The van der Waals surface area contributed by atoms with Crippen molar-refractivity contribution in [3.05, 3.63) is 93.5 Å². The first-order chi connectivity index (χ1) is 20.2. The third-order valence-corrected chi connectivity index (χ3v) is 9.17. The lowest BCUT2D eigenvalue weighted by Crippen LogP contribution is -2.52. The van der Waals surface area contributed by atoms with E-state index in [1.54, 1.807) is 32.0 Å². The van der Waals surface area contributed by atoms with Crippen LogP contribution in [0.15, 0.2) is 71.6 Å². The van der Waals surface area contributed by atoms with Crippen LogP contribution in [0.2, 0.25) is 10.0 Å². The number of benzene rings is 3. The van der Waals surface area contributed by atoms with Crippen molar-refractivity contribution in [3.8, 4) is 0 Å². The van der Waals surface area contributed by atoms with Crippen LogP contribution in [0, 0.1) is 6.92 Å². The molecule has 3 aromatic rings. The van der Waals surface area contributed by atoms with E-state index in [2.05, 4.69) is 5.32 Å². The largest absolute Gasteiger partial charge is 0.416 e. The summed E-state index contributed by atoms with van der Waals surface area (Å²) in [5.74, 6) is -1.32. The number of nitrogens with one attached hydrogen (secondary N) is 1. The summed E-state index contributed by atoms with van der Waals surface area (Å²) >= 11 is 12.8. The molecule has 3 aromatic carbocycles. The highest BCUT2D eigenvalue weighted by molar-refractivity contribution is 7.92. The molecule has 7 nitrogen and oxygen atoms in total. The maximum absolute atomic E-state index is 14.1. The van der Waals surface area contributed by atoms with Crippen LogP contribution in [-0.4, -0.2) is 44.3 Å². The fourth-order valence-electron chi connectivity index (χ4n) is 4.34. The first-order valence-corrected chi connectivity index (χ1v) is 15.7. The average molecular weight is 659 g/mol. The van der Waals surface area contributed by atoms with E-state index in [0.29, 0.717) is 28.9 Å². The van der Waals surface area contributed by atoms with E-state index < -0.39 is 46.2 Å². The van der Waals surface area contributed by atoms with Crippen molar-refractivity contribution in [2.24, 2.45) is 0 Å².